The molecule has 1 aromatic carbocycles. The Morgan fingerprint density at radius 3 is 2.64 bits per heavy atom. The van der Waals surface area contributed by atoms with Gasteiger partial charge in [-0.1, -0.05) is 18.2 Å². The molecule has 1 atom stereocenters. The van der Waals surface area contributed by atoms with Crippen molar-refractivity contribution >= 4 is 6.03 Å². The largest absolute Gasteiger partial charge is 0.490 e. The van der Waals surface area contributed by atoms with Crippen LogP contribution in [0.15, 0.2) is 24.3 Å². The van der Waals surface area contributed by atoms with Crippen LogP contribution >= 0.6 is 0 Å². The molecular weight excluding hydrogens is 314 g/mol. The van der Waals surface area contributed by atoms with E-state index in [1.807, 2.05) is 29.2 Å². The maximum absolute atomic E-state index is 12.5. The van der Waals surface area contributed by atoms with Crippen molar-refractivity contribution in [1.29, 1.82) is 0 Å². The number of carbonyl (C=O) groups excluding carboxylic acids is 1. The number of benzene rings is 1. The van der Waals surface area contributed by atoms with Gasteiger partial charge in [0.05, 0.1) is 6.10 Å². The summed E-state index contributed by atoms with van der Waals surface area (Å²) in [7, 11) is 0. The van der Waals surface area contributed by atoms with Gasteiger partial charge in [0.2, 0.25) is 0 Å². The summed E-state index contributed by atoms with van der Waals surface area (Å²) in [6.07, 6.45) is 7.63. The minimum atomic E-state index is 0.0557. The quantitative estimate of drug-likeness (QED) is 0.894. The van der Waals surface area contributed by atoms with E-state index in [9.17, 15) is 4.79 Å². The lowest BCUT2D eigenvalue weighted by Crippen LogP contribution is -2.41. The third-order valence-corrected chi connectivity index (χ3v) is 5.86. The summed E-state index contributed by atoms with van der Waals surface area (Å²) in [6.45, 7) is 4.67. The molecule has 5 nitrogen and oxygen atoms in total. The first-order valence-electron chi connectivity index (χ1n) is 9.81. The monoisotopic (exact) mass is 343 g/mol. The van der Waals surface area contributed by atoms with E-state index in [-0.39, 0.29) is 6.03 Å². The summed E-state index contributed by atoms with van der Waals surface area (Å²) in [5, 5.41) is 3.09. The van der Waals surface area contributed by atoms with Crippen molar-refractivity contribution in [2.75, 3.05) is 26.2 Å². The number of likely N-dealkylation sites (tertiary alicyclic amines) is 2. The molecule has 0 aromatic heterocycles. The highest BCUT2D eigenvalue weighted by atomic mass is 16.5. The fourth-order valence-electron chi connectivity index (χ4n) is 4.05. The van der Waals surface area contributed by atoms with Gasteiger partial charge in [0.25, 0.3) is 0 Å². The Morgan fingerprint density at radius 1 is 1.08 bits per heavy atom. The van der Waals surface area contributed by atoms with Crippen molar-refractivity contribution < 1.29 is 9.53 Å². The minimum absolute atomic E-state index is 0.0557. The predicted octanol–water partition coefficient (Wildman–Crippen LogP) is 3.00. The first kappa shape index (κ1) is 16.7. The fraction of sp³-hybridized carbons (Fsp3) is 0.650. The Kier molecular flexibility index (Phi) is 5.11. The second-order valence-corrected chi connectivity index (χ2v) is 7.57. The molecule has 1 aliphatic carbocycles. The molecule has 0 bridgehead atoms. The van der Waals surface area contributed by atoms with Crippen LogP contribution in [0, 0.1) is 0 Å². The normalized spacial score (nSPS) is 24.3. The van der Waals surface area contributed by atoms with Gasteiger partial charge in [0, 0.05) is 31.2 Å². The predicted molar refractivity (Wildman–Crippen MR) is 97.7 cm³/mol. The number of para-hydroxylation sites is 1. The zero-order valence-electron chi connectivity index (χ0n) is 15.0. The molecule has 3 fully saturated rings. The van der Waals surface area contributed by atoms with Crippen LogP contribution < -0.4 is 10.1 Å². The summed E-state index contributed by atoms with van der Waals surface area (Å²) in [6, 6.07) is 8.68. The average Bonchev–Trinajstić information content (AvgIpc) is 3.27. The third kappa shape index (κ3) is 3.92. The lowest BCUT2D eigenvalue weighted by molar-refractivity contribution is 0.119. The van der Waals surface area contributed by atoms with E-state index >= 15 is 0 Å². The highest BCUT2D eigenvalue weighted by Gasteiger charge is 2.31. The first-order chi connectivity index (χ1) is 12.3. The molecule has 1 aromatic rings. The topological polar surface area (TPSA) is 44.8 Å². The van der Waals surface area contributed by atoms with E-state index in [4.69, 9.17) is 4.74 Å². The van der Waals surface area contributed by atoms with Gasteiger partial charge < -0.3 is 15.0 Å². The van der Waals surface area contributed by atoms with Gasteiger partial charge in [-0.05, 0) is 57.7 Å². The maximum Gasteiger partial charge on any atom is 0.317 e. The number of urea groups is 1. The number of rotatable bonds is 5. The fourth-order valence-corrected chi connectivity index (χ4v) is 4.05. The summed E-state index contributed by atoms with van der Waals surface area (Å²) in [4.78, 5) is 17.1. The molecule has 3 aliphatic rings. The van der Waals surface area contributed by atoms with E-state index < -0.39 is 0 Å². The van der Waals surface area contributed by atoms with Crippen LogP contribution in [0.25, 0.3) is 0 Å². The van der Waals surface area contributed by atoms with Crippen molar-refractivity contribution in [3.05, 3.63) is 29.8 Å². The second-order valence-electron chi connectivity index (χ2n) is 7.57. The number of hydrogen-bond donors (Lipinski definition) is 1. The van der Waals surface area contributed by atoms with E-state index in [1.165, 1.54) is 32.4 Å². The Bertz CT molecular complexity index is 596. The van der Waals surface area contributed by atoms with Gasteiger partial charge in [-0.3, -0.25) is 4.90 Å². The summed E-state index contributed by atoms with van der Waals surface area (Å²) in [5.74, 6) is 0.920. The number of carbonyl (C=O) groups is 1. The molecule has 2 amide bonds. The Labute approximate surface area is 150 Å². The summed E-state index contributed by atoms with van der Waals surface area (Å²) >= 11 is 0. The van der Waals surface area contributed by atoms with E-state index in [2.05, 4.69) is 10.2 Å². The van der Waals surface area contributed by atoms with Crippen molar-refractivity contribution in [3.8, 4) is 5.75 Å². The zero-order valence-corrected chi connectivity index (χ0v) is 15.0. The Hall–Kier alpha value is -1.75. The van der Waals surface area contributed by atoms with Crippen molar-refractivity contribution in [1.82, 2.24) is 15.1 Å². The van der Waals surface area contributed by atoms with Crippen LogP contribution in [-0.2, 0) is 6.54 Å². The summed E-state index contributed by atoms with van der Waals surface area (Å²) in [5.41, 5.74) is 1.07. The molecule has 2 saturated heterocycles. The highest BCUT2D eigenvalue weighted by molar-refractivity contribution is 5.74. The van der Waals surface area contributed by atoms with Crippen LogP contribution in [0.5, 0.6) is 5.75 Å². The highest BCUT2D eigenvalue weighted by Crippen LogP contribution is 2.27. The molecule has 136 valence electrons. The van der Waals surface area contributed by atoms with Crippen molar-refractivity contribution in [3.63, 3.8) is 0 Å². The second kappa shape index (κ2) is 7.65. The third-order valence-electron chi connectivity index (χ3n) is 5.86. The number of nitrogens with zero attached hydrogens (tertiary/aromatic N) is 2. The van der Waals surface area contributed by atoms with Crippen LogP contribution in [0.4, 0.5) is 4.79 Å². The van der Waals surface area contributed by atoms with Gasteiger partial charge in [-0.15, -0.1) is 0 Å². The van der Waals surface area contributed by atoms with Crippen molar-refractivity contribution in [2.45, 2.75) is 57.2 Å². The summed E-state index contributed by atoms with van der Waals surface area (Å²) < 4.78 is 6.05. The molecule has 2 aliphatic heterocycles. The average molecular weight is 343 g/mol. The van der Waals surface area contributed by atoms with E-state index in [0.29, 0.717) is 18.7 Å². The molecule has 1 unspecified atom stereocenters. The molecule has 5 heteroatoms. The lowest BCUT2D eigenvalue weighted by atomic mass is 9.96. The van der Waals surface area contributed by atoms with E-state index in [0.717, 1.165) is 43.7 Å². The Balaban J connectivity index is 1.28. The van der Waals surface area contributed by atoms with Gasteiger partial charge in [-0.2, -0.15) is 0 Å². The van der Waals surface area contributed by atoms with Gasteiger partial charge in [0.15, 0.2) is 0 Å². The number of amides is 2. The molecule has 4 rings (SSSR count). The molecule has 25 heavy (non-hydrogen) atoms. The van der Waals surface area contributed by atoms with E-state index in [1.54, 1.807) is 0 Å². The number of hydrogen-bond acceptors (Lipinski definition) is 3. The maximum atomic E-state index is 12.5. The SMILES string of the molecule is O=C(NCc1ccccc1OC1CCC1)N1CCC(N2CCCC2)C1. The van der Waals surface area contributed by atoms with Crippen molar-refractivity contribution in [2.24, 2.45) is 0 Å². The molecular formula is C20H29N3O2. The molecule has 1 saturated carbocycles. The standard InChI is InChI=1S/C20H29N3O2/c24-20(23-13-10-17(15-23)22-11-3-4-12-22)21-14-16-6-1-2-9-19(16)25-18-7-5-8-18/h1-2,6,9,17-18H,3-5,7-8,10-15H2,(H,21,24). The molecule has 1 N–H and O–H groups in total. The molecule has 0 radical (unpaired) electrons. The number of nitrogens with one attached hydrogen (secondary N) is 1. The smallest absolute Gasteiger partial charge is 0.317 e. The van der Waals surface area contributed by atoms with Gasteiger partial charge in [0.1, 0.15) is 5.75 Å². The molecule has 2 heterocycles. The van der Waals surface area contributed by atoms with Crippen LogP contribution in [0.3, 0.4) is 0 Å². The zero-order chi connectivity index (χ0) is 17.1. The minimum Gasteiger partial charge on any atom is -0.490 e. The molecule has 0 spiro atoms. The lowest BCUT2D eigenvalue weighted by Gasteiger charge is -2.27. The number of ether oxygens (including phenoxy) is 1. The first-order valence-corrected chi connectivity index (χ1v) is 9.81. The Morgan fingerprint density at radius 2 is 1.88 bits per heavy atom. The van der Waals surface area contributed by atoms with Crippen LogP contribution in [0.2, 0.25) is 0 Å². The van der Waals surface area contributed by atoms with Crippen LogP contribution in [0.1, 0.15) is 44.1 Å². The van der Waals surface area contributed by atoms with Crippen LogP contribution in [-0.4, -0.2) is 54.2 Å². The van der Waals surface area contributed by atoms with Gasteiger partial charge in [-0.25, -0.2) is 4.79 Å². The van der Waals surface area contributed by atoms with Gasteiger partial charge >= 0.3 is 6.03 Å².